The molecule has 1 aromatic carbocycles. The first kappa shape index (κ1) is 12.9. The molecule has 1 unspecified atom stereocenters. The van der Waals surface area contributed by atoms with Crippen LogP contribution < -0.4 is 10.1 Å². The predicted molar refractivity (Wildman–Crippen MR) is 79.8 cm³/mol. The Morgan fingerprint density at radius 3 is 2.62 bits per heavy atom. The number of ether oxygens (including phenoxy) is 1. The van der Waals surface area contributed by atoms with Crippen molar-refractivity contribution in [1.29, 1.82) is 0 Å². The Bertz CT molecular complexity index is 573. The topological polar surface area (TPSA) is 41.6 Å². The summed E-state index contributed by atoms with van der Waals surface area (Å²) >= 11 is 0. The van der Waals surface area contributed by atoms with Crippen molar-refractivity contribution in [1.82, 2.24) is 10.2 Å². The average Bonchev–Trinajstić information content (AvgIpc) is 3.40. The van der Waals surface area contributed by atoms with E-state index in [1.807, 2.05) is 12.1 Å². The summed E-state index contributed by atoms with van der Waals surface area (Å²) in [6.07, 6.45) is 6.00. The molecule has 0 radical (unpaired) electrons. The van der Waals surface area contributed by atoms with E-state index >= 15 is 0 Å². The minimum atomic E-state index is -0.245. The fourth-order valence-electron chi connectivity index (χ4n) is 3.12. The van der Waals surface area contributed by atoms with Gasteiger partial charge in [-0.25, -0.2) is 0 Å². The van der Waals surface area contributed by atoms with Crippen LogP contribution in [0.5, 0.6) is 5.75 Å². The van der Waals surface area contributed by atoms with Crippen LogP contribution in [0.1, 0.15) is 37.4 Å². The lowest BCUT2D eigenvalue weighted by Crippen LogP contribution is -2.33. The second kappa shape index (κ2) is 4.60. The highest BCUT2D eigenvalue weighted by atomic mass is 16.5. The summed E-state index contributed by atoms with van der Waals surface area (Å²) < 4.78 is 5.51. The SMILES string of the molecule is C=CCOc1ccc(C2NC3(CC3)C(=O)N2C2CC2)cc1. The Morgan fingerprint density at radius 2 is 2.05 bits per heavy atom. The zero-order valence-electron chi connectivity index (χ0n) is 12.0. The molecule has 1 aliphatic heterocycles. The van der Waals surface area contributed by atoms with E-state index in [2.05, 4.69) is 28.9 Å². The fraction of sp³-hybridized carbons (Fsp3) is 0.471. The normalized spacial score (nSPS) is 26.2. The van der Waals surface area contributed by atoms with Crippen molar-refractivity contribution in [2.75, 3.05) is 6.61 Å². The maximum Gasteiger partial charge on any atom is 0.244 e. The summed E-state index contributed by atoms with van der Waals surface area (Å²) in [6.45, 7) is 4.16. The van der Waals surface area contributed by atoms with Crippen molar-refractivity contribution in [3.8, 4) is 5.75 Å². The second-order valence-corrected chi connectivity index (χ2v) is 6.24. The van der Waals surface area contributed by atoms with Crippen LogP contribution in [0.25, 0.3) is 0 Å². The Morgan fingerprint density at radius 1 is 1.33 bits per heavy atom. The summed E-state index contributed by atoms with van der Waals surface area (Å²) in [5, 5.41) is 3.56. The number of carbonyl (C=O) groups is 1. The van der Waals surface area contributed by atoms with E-state index in [1.54, 1.807) is 6.08 Å². The molecule has 4 rings (SSSR count). The van der Waals surface area contributed by atoms with Gasteiger partial charge >= 0.3 is 0 Å². The van der Waals surface area contributed by atoms with Gasteiger partial charge in [-0.05, 0) is 43.4 Å². The van der Waals surface area contributed by atoms with E-state index in [0.717, 1.165) is 37.0 Å². The molecular weight excluding hydrogens is 264 g/mol. The first-order valence-electron chi connectivity index (χ1n) is 7.68. The molecule has 110 valence electrons. The third-order valence-corrected chi connectivity index (χ3v) is 4.59. The van der Waals surface area contributed by atoms with Crippen molar-refractivity contribution in [2.45, 2.75) is 43.4 Å². The molecule has 3 fully saturated rings. The molecule has 2 aliphatic carbocycles. The number of nitrogens with zero attached hydrogens (tertiary/aromatic N) is 1. The predicted octanol–water partition coefficient (Wildman–Crippen LogP) is 2.38. The third-order valence-electron chi connectivity index (χ3n) is 4.59. The average molecular weight is 284 g/mol. The third kappa shape index (κ3) is 2.14. The summed E-state index contributed by atoms with van der Waals surface area (Å²) in [7, 11) is 0. The molecule has 21 heavy (non-hydrogen) atoms. The molecule has 1 amide bonds. The van der Waals surface area contributed by atoms with E-state index in [9.17, 15) is 4.79 Å². The molecule has 3 aliphatic rings. The van der Waals surface area contributed by atoms with Gasteiger partial charge in [0.1, 0.15) is 24.1 Å². The lowest BCUT2D eigenvalue weighted by molar-refractivity contribution is -0.131. The molecule has 1 aromatic rings. The highest BCUT2D eigenvalue weighted by molar-refractivity contribution is 5.92. The van der Waals surface area contributed by atoms with Gasteiger partial charge in [-0.1, -0.05) is 24.8 Å². The zero-order valence-corrected chi connectivity index (χ0v) is 12.0. The van der Waals surface area contributed by atoms with Crippen molar-refractivity contribution in [3.05, 3.63) is 42.5 Å². The Kier molecular flexibility index (Phi) is 2.82. The maximum absolute atomic E-state index is 12.6. The molecule has 2 saturated carbocycles. The van der Waals surface area contributed by atoms with Crippen LogP contribution in [0.4, 0.5) is 0 Å². The Labute approximate surface area is 124 Å². The summed E-state index contributed by atoms with van der Waals surface area (Å²) in [5.41, 5.74) is 0.899. The molecule has 1 saturated heterocycles. The minimum Gasteiger partial charge on any atom is -0.490 e. The molecular formula is C17H20N2O2. The summed E-state index contributed by atoms with van der Waals surface area (Å²) in [4.78, 5) is 14.7. The number of benzene rings is 1. The Hall–Kier alpha value is -1.81. The van der Waals surface area contributed by atoms with Gasteiger partial charge in [0, 0.05) is 6.04 Å². The zero-order chi connectivity index (χ0) is 14.4. The van der Waals surface area contributed by atoms with Crippen molar-refractivity contribution < 1.29 is 9.53 Å². The first-order chi connectivity index (χ1) is 10.2. The van der Waals surface area contributed by atoms with E-state index in [4.69, 9.17) is 4.74 Å². The number of amides is 1. The van der Waals surface area contributed by atoms with E-state index in [-0.39, 0.29) is 11.7 Å². The van der Waals surface area contributed by atoms with Crippen LogP contribution >= 0.6 is 0 Å². The van der Waals surface area contributed by atoms with E-state index in [0.29, 0.717) is 18.6 Å². The monoisotopic (exact) mass is 284 g/mol. The molecule has 4 nitrogen and oxygen atoms in total. The van der Waals surface area contributed by atoms with E-state index in [1.165, 1.54) is 0 Å². The van der Waals surface area contributed by atoms with Crippen molar-refractivity contribution in [3.63, 3.8) is 0 Å². The number of hydrogen-bond donors (Lipinski definition) is 1. The standard InChI is InChI=1S/C17H20N2O2/c1-2-11-21-14-7-3-12(4-8-14)15-18-17(9-10-17)16(20)19(15)13-5-6-13/h2-4,7-8,13,15,18H,1,5-6,9-11H2. The molecule has 1 N–H and O–H groups in total. The van der Waals surface area contributed by atoms with Crippen LogP contribution in [0.3, 0.4) is 0 Å². The highest BCUT2D eigenvalue weighted by Gasteiger charge is 2.61. The smallest absolute Gasteiger partial charge is 0.244 e. The quantitative estimate of drug-likeness (QED) is 0.844. The van der Waals surface area contributed by atoms with Gasteiger partial charge < -0.3 is 9.64 Å². The van der Waals surface area contributed by atoms with Gasteiger partial charge in [0.25, 0.3) is 0 Å². The van der Waals surface area contributed by atoms with Crippen molar-refractivity contribution in [2.24, 2.45) is 0 Å². The van der Waals surface area contributed by atoms with Crippen LogP contribution in [0, 0.1) is 0 Å². The van der Waals surface area contributed by atoms with Gasteiger partial charge in [-0.3, -0.25) is 10.1 Å². The van der Waals surface area contributed by atoms with Gasteiger partial charge in [-0.2, -0.15) is 0 Å². The van der Waals surface area contributed by atoms with Crippen LogP contribution in [-0.2, 0) is 4.79 Å². The van der Waals surface area contributed by atoms with E-state index < -0.39 is 0 Å². The van der Waals surface area contributed by atoms with Gasteiger partial charge in [-0.15, -0.1) is 0 Å². The number of carbonyl (C=O) groups excluding carboxylic acids is 1. The van der Waals surface area contributed by atoms with Gasteiger partial charge in [0.05, 0.1) is 0 Å². The van der Waals surface area contributed by atoms with Gasteiger partial charge in [0.15, 0.2) is 0 Å². The first-order valence-corrected chi connectivity index (χ1v) is 7.68. The van der Waals surface area contributed by atoms with Gasteiger partial charge in [0.2, 0.25) is 5.91 Å². The molecule has 0 bridgehead atoms. The number of hydrogen-bond acceptors (Lipinski definition) is 3. The highest BCUT2D eigenvalue weighted by Crippen LogP contribution is 2.49. The lowest BCUT2D eigenvalue weighted by Gasteiger charge is -2.24. The largest absolute Gasteiger partial charge is 0.490 e. The molecule has 4 heteroatoms. The minimum absolute atomic E-state index is 0.0287. The van der Waals surface area contributed by atoms with Crippen LogP contribution in [-0.4, -0.2) is 29.0 Å². The second-order valence-electron chi connectivity index (χ2n) is 6.24. The lowest BCUT2D eigenvalue weighted by atomic mass is 10.1. The van der Waals surface area contributed by atoms with Crippen LogP contribution in [0.2, 0.25) is 0 Å². The summed E-state index contributed by atoms with van der Waals surface area (Å²) in [5.74, 6) is 1.14. The molecule has 1 heterocycles. The fourth-order valence-corrected chi connectivity index (χ4v) is 3.12. The number of rotatable bonds is 5. The molecule has 1 spiro atoms. The maximum atomic E-state index is 12.6. The molecule has 1 atom stereocenters. The number of nitrogens with one attached hydrogen (secondary N) is 1. The molecule has 0 aromatic heterocycles. The summed E-state index contributed by atoms with van der Waals surface area (Å²) in [6, 6.07) is 8.48. The Balaban J connectivity index is 1.57. The van der Waals surface area contributed by atoms with Crippen molar-refractivity contribution >= 4 is 5.91 Å². The van der Waals surface area contributed by atoms with Crippen LogP contribution in [0.15, 0.2) is 36.9 Å².